The molecule has 0 aromatic heterocycles. The van der Waals surface area contributed by atoms with Crippen LogP contribution in [0.5, 0.6) is 0 Å². The number of carbonyl (C=O) groups is 2. The normalized spacial score (nSPS) is 21.0. The summed E-state index contributed by atoms with van der Waals surface area (Å²) >= 11 is 0. The quantitative estimate of drug-likeness (QED) is 0.788. The van der Waals surface area contributed by atoms with Gasteiger partial charge in [0, 0.05) is 13.0 Å². The Balaban J connectivity index is 1.83. The van der Waals surface area contributed by atoms with E-state index in [9.17, 15) is 22.4 Å². The van der Waals surface area contributed by atoms with Gasteiger partial charge in [0.25, 0.3) is 0 Å². The molecule has 1 unspecified atom stereocenters. The van der Waals surface area contributed by atoms with Crippen molar-refractivity contribution in [1.82, 2.24) is 4.90 Å². The van der Waals surface area contributed by atoms with E-state index in [4.69, 9.17) is 5.11 Å². The number of hydrogen-bond donors (Lipinski definition) is 1. The molecule has 0 aliphatic carbocycles. The van der Waals surface area contributed by atoms with Crippen LogP contribution in [0.15, 0.2) is 30.3 Å². The first-order chi connectivity index (χ1) is 11.2. The number of halogens is 1. The fraction of sp³-hybridized carbons (Fsp3) is 0.500. The van der Waals surface area contributed by atoms with Crippen LogP contribution in [-0.4, -0.2) is 60.6 Å². The lowest BCUT2D eigenvalue weighted by atomic mass is 10.1. The summed E-state index contributed by atoms with van der Waals surface area (Å²) in [4.78, 5) is 23.8. The van der Waals surface area contributed by atoms with Crippen molar-refractivity contribution < 1.29 is 27.5 Å². The number of nitrogens with zero attached hydrogens (tertiary/aromatic N) is 1. The number of aliphatic carboxylic acids is 1. The summed E-state index contributed by atoms with van der Waals surface area (Å²) < 4.78 is 38.0. The molecule has 24 heavy (non-hydrogen) atoms. The zero-order chi connectivity index (χ0) is 17.8. The van der Waals surface area contributed by atoms with Gasteiger partial charge >= 0.3 is 5.97 Å². The zero-order valence-electron chi connectivity index (χ0n) is 13.2. The van der Waals surface area contributed by atoms with Crippen molar-refractivity contribution in [3.8, 4) is 0 Å². The Morgan fingerprint density at radius 3 is 2.50 bits per heavy atom. The summed E-state index contributed by atoms with van der Waals surface area (Å²) in [5.74, 6) is -3.21. The molecule has 6 nitrogen and oxygen atoms in total. The molecule has 1 aromatic carbocycles. The number of carbonyl (C=O) groups excluding carboxylic acids is 1. The average molecular weight is 357 g/mol. The second-order valence-corrected chi connectivity index (χ2v) is 8.20. The van der Waals surface area contributed by atoms with Crippen molar-refractivity contribution in [3.63, 3.8) is 0 Å². The predicted molar refractivity (Wildman–Crippen MR) is 86.1 cm³/mol. The summed E-state index contributed by atoms with van der Waals surface area (Å²) in [7, 11) is -3.61. The lowest BCUT2D eigenvalue weighted by Crippen LogP contribution is -2.40. The molecule has 1 atom stereocenters. The lowest BCUT2D eigenvalue weighted by Gasteiger charge is -2.17. The Hall–Kier alpha value is -1.96. The van der Waals surface area contributed by atoms with Crippen molar-refractivity contribution in [2.75, 3.05) is 24.6 Å². The van der Waals surface area contributed by atoms with Crippen LogP contribution in [0.2, 0.25) is 0 Å². The molecule has 132 valence electrons. The minimum absolute atomic E-state index is 0.0822. The van der Waals surface area contributed by atoms with Crippen LogP contribution in [0.1, 0.15) is 18.4 Å². The first-order valence-electron chi connectivity index (χ1n) is 7.66. The van der Waals surface area contributed by atoms with Crippen LogP contribution >= 0.6 is 0 Å². The van der Waals surface area contributed by atoms with E-state index in [0.29, 0.717) is 12.8 Å². The summed E-state index contributed by atoms with van der Waals surface area (Å²) in [6.45, 7) is -0.679. The minimum Gasteiger partial charge on any atom is -0.479 e. The van der Waals surface area contributed by atoms with Gasteiger partial charge < -0.3 is 10.0 Å². The van der Waals surface area contributed by atoms with E-state index in [1.165, 1.54) is 0 Å². The topological polar surface area (TPSA) is 91.8 Å². The Morgan fingerprint density at radius 2 is 1.92 bits per heavy atom. The summed E-state index contributed by atoms with van der Waals surface area (Å²) in [5.41, 5.74) is -1.46. The molecule has 1 heterocycles. The molecule has 2 rings (SSSR count). The fourth-order valence-electron chi connectivity index (χ4n) is 2.65. The maximum Gasteiger partial charge on any atom is 0.343 e. The molecule has 0 bridgehead atoms. The molecule has 1 aromatic rings. The Morgan fingerprint density at radius 1 is 1.25 bits per heavy atom. The molecular formula is C16H20FNO5S. The summed E-state index contributed by atoms with van der Waals surface area (Å²) in [5, 5.41) is 8.80. The smallest absolute Gasteiger partial charge is 0.343 e. The highest BCUT2D eigenvalue weighted by Crippen LogP contribution is 2.26. The summed E-state index contributed by atoms with van der Waals surface area (Å²) in [6.07, 6.45) is 0.661. The van der Waals surface area contributed by atoms with Crippen molar-refractivity contribution in [1.29, 1.82) is 0 Å². The van der Waals surface area contributed by atoms with Crippen molar-refractivity contribution in [3.05, 3.63) is 35.9 Å². The number of amides is 1. The molecule has 0 radical (unpaired) electrons. The van der Waals surface area contributed by atoms with Gasteiger partial charge in [0.05, 0.1) is 12.3 Å². The number of sulfone groups is 1. The number of carboxylic acid groups (broad SMARTS) is 1. The number of aryl methyl sites for hydroxylation is 1. The third-order valence-electron chi connectivity index (χ3n) is 4.06. The molecule has 1 N–H and O–H groups in total. The second kappa shape index (κ2) is 7.29. The van der Waals surface area contributed by atoms with Crippen molar-refractivity contribution in [2.45, 2.75) is 24.9 Å². The highest BCUT2D eigenvalue weighted by atomic mass is 32.2. The molecule has 0 saturated carbocycles. The fourth-order valence-corrected chi connectivity index (χ4v) is 3.94. The summed E-state index contributed by atoms with van der Waals surface area (Å²) in [6, 6.07) is 9.40. The molecule has 1 aliphatic heterocycles. The molecule has 1 aliphatic rings. The van der Waals surface area contributed by atoms with Crippen LogP contribution in [0.3, 0.4) is 0 Å². The van der Waals surface area contributed by atoms with E-state index in [0.717, 1.165) is 10.5 Å². The van der Waals surface area contributed by atoms with Gasteiger partial charge in [-0.05, 0) is 18.4 Å². The Labute approximate surface area is 140 Å². The number of alkyl halides is 1. The first-order valence-corrected chi connectivity index (χ1v) is 9.48. The number of rotatable bonds is 7. The Bertz CT molecular complexity index is 706. The van der Waals surface area contributed by atoms with Gasteiger partial charge in [-0.2, -0.15) is 0 Å². The average Bonchev–Trinajstić information content (AvgIpc) is 2.92. The lowest BCUT2D eigenvalue weighted by molar-refractivity contribution is -0.150. The Kier molecular flexibility index (Phi) is 5.58. The van der Waals surface area contributed by atoms with E-state index >= 15 is 0 Å². The maximum atomic E-state index is 13.9. The largest absolute Gasteiger partial charge is 0.479 e. The van der Waals surface area contributed by atoms with Gasteiger partial charge in [-0.3, -0.25) is 4.79 Å². The third-order valence-corrected chi connectivity index (χ3v) is 5.66. The van der Waals surface area contributed by atoms with Crippen LogP contribution in [0.25, 0.3) is 0 Å². The number of carboxylic acids is 1. The van der Waals surface area contributed by atoms with Crippen molar-refractivity contribution in [2.24, 2.45) is 0 Å². The number of benzene rings is 1. The molecule has 0 spiro atoms. The molecule has 1 saturated heterocycles. The van der Waals surface area contributed by atoms with Crippen LogP contribution in [-0.2, 0) is 25.8 Å². The minimum atomic E-state index is -3.61. The first kappa shape index (κ1) is 18.4. The molecule has 8 heteroatoms. The highest BCUT2D eigenvalue weighted by molar-refractivity contribution is 7.92. The van der Waals surface area contributed by atoms with Crippen molar-refractivity contribution >= 4 is 21.7 Å². The monoisotopic (exact) mass is 357 g/mol. The van der Waals surface area contributed by atoms with E-state index in [-0.39, 0.29) is 18.7 Å². The highest BCUT2D eigenvalue weighted by Gasteiger charge is 2.47. The van der Waals surface area contributed by atoms with E-state index in [1.54, 1.807) is 0 Å². The zero-order valence-corrected chi connectivity index (χ0v) is 14.0. The molecule has 1 fully saturated rings. The predicted octanol–water partition coefficient (Wildman–Crippen LogP) is 1.06. The van der Waals surface area contributed by atoms with Crippen LogP contribution in [0, 0.1) is 0 Å². The van der Waals surface area contributed by atoms with Crippen LogP contribution in [0.4, 0.5) is 4.39 Å². The van der Waals surface area contributed by atoms with Crippen LogP contribution < -0.4 is 0 Å². The maximum absolute atomic E-state index is 13.9. The van der Waals surface area contributed by atoms with Gasteiger partial charge in [0.15, 0.2) is 9.84 Å². The second-order valence-electron chi connectivity index (χ2n) is 6.02. The third kappa shape index (κ3) is 4.77. The number of likely N-dealkylation sites (tertiary alicyclic amines) is 1. The van der Waals surface area contributed by atoms with Gasteiger partial charge in [0.1, 0.15) is 5.75 Å². The van der Waals surface area contributed by atoms with E-state index < -0.39 is 39.7 Å². The van der Waals surface area contributed by atoms with Gasteiger partial charge in [-0.25, -0.2) is 17.6 Å². The van der Waals surface area contributed by atoms with Gasteiger partial charge in [-0.15, -0.1) is 0 Å². The standard InChI is InChI=1S/C16H20FNO5S/c17-16(15(20)21)8-9-18(12-16)14(19)11-24(22,23)10-4-7-13-5-2-1-3-6-13/h1-3,5-6H,4,7-12H2,(H,20,21). The van der Waals surface area contributed by atoms with E-state index in [1.807, 2.05) is 30.3 Å². The number of hydrogen-bond acceptors (Lipinski definition) is 4. The van der Waals surface area contributed by atoms with Gasteiger partial charge in [0.2, 0.25) is 11.6 Å². The van der Waals surface area contributed by atoms with Gasteiger partial charge in [-0.1, -0.05) is 30.3 Å². The van der Waals surface area contributed by atoms with E-state index in [2.05, 4.69) is 0 Å². The molecular weight excluding hydrogens is 337 g/mol. The molecule has 1 amide bonds. The SMILES string of the molecule is O=C(CS(=O)(=O)CCCc1ccccc1)N1CCC(F)(C(=O)O)C1.